The first-order valence-corrected chi connectivity index (χ1v) is 5.08. The number of benzene rings is 1. The Morgan fingerprint density at radius 2 is 1.93 bits per heavy atom. The zero-order valence-corrected chi connectivity index (χ0v) is 9.32. The van der Waals surface area contributed by atoms with Gasteiger partial charge in [0.25, 0.3) is 0 Å². The summed E-state index contributed by atoms with van der Waals surface area (Å²) in [7, 11) is 1.86. The van der Waals surface area contributed by atoms with Crippen LogP contribution in [0, 0.1) is 0 Å². The lowest BCUT2D eigenvalue weighted by molar-refractivity contribution is 0.883. The number of hydrogen-bond donors (Lipinski definition) is 1. The van der Waals surface area contributed by atoms with Crippen LogP contribution >= 0.6 is 15.9 Å². The van der Waals surface area contributed by atoms with Crippen LogP contribution in [0.25, 0.3) is 5.69 Å². The molecule has 2 rings (SSSR count). The van der Waals surface area contributed by atoms with Gasteiger partial charge in [-0.3, -0.25) is 0 Å². The predicted molar refractivity (Wildman–Crippen MR) is 60.8 cm³/mol. The Kier molecular flexibility index (Phi) is 2.54. The molecule has 0 atom stereocenters. The largest absolute Gasteiger partial charge is 0.372 e. The van der Waals surface area contributed by atoms with Crippen molar-refractivity contribution >= 4 is 21.7 Å². The highest BCUT2D eigenvalue weighted by Gasteiger charge is 1.98. The highest BCUT2D eigenvalue weighted by atomic mass is 79.9. The summed E-state index contributed by atoms with van der Waals surface area (Å²) in [5.41, 5.74) is 1.05. The van der Waals surface area contributed by atoms with Crippen LogP contribution in [0.3, 0.4) is 0 Å². The summed E-state index contributed by atoms with van der Waals surface area (Å²) in [6.45, 7) is 0. The van der Waals surface area contributed by atoms with E-state index in [2.05, 4.69) is 26.3 Å². The van der Waals surface area contributed by atoms with Crippen molar-refractivity contribution in [2.45, 2.75) is 0 Å². The SMILES string of the molecule is CNc1ccn(-c2ccc(Br)cc2)n1. The zero-order chi connectivity index (χ0) is 9.97. The molecule has 1 aromatic heterocycles. The van der Waals surface area contributed by atoms with Crippen LogP contribution in [0.4, 0.5) is 5.82 Å². The summed E-state index contributed by atoms with van der Waals surface area (Å²) in [5, 5.41) is 7.31. The van der Waals surface area contributed by atoms with Crippen molar-refractivity contribution in [1.82, 2.24) is 9.78 Å². The molecule has 0 spiro atoms. The Labute approximate surface area is 90.9 Å². The van der Waals surface area contributed by atoms with Gasteiger partial charge in [-0.25, -0.2) is 4.68 Å². The van der Waals surface area contributed by atoms with Gasteiger partial charge in [0.15, 0.2) is 0 Å². The van der Waals surface area contributed by atoms with E-state index in [0.29, 0.717) is 0 Å². The number of hydrogen-bond acceptors (Lipinski definition) is 2. The number of halogens is 1. The van der Waals surface area contributed by atoms with Crippen molar-refractivity contribution < 1.29 is 0 Å². The molecule has 0 saturated heterocycles. The van der Waals surface area contributed by atoms with Crippen LogP contribution in [0.15, 0.2) is 41.0 Å². The van der Waals surface area contributed by atoms with Crippen molar-refractivity contribution in [2.24, 2.45) is 0 Å². The zero-order valence-electron chi connectivity index (χ0n) is 7.74. The van der Waals surface area contributed by atoms with E-state index in [4.69, 9.17) is 0 Å². The molecule has 4 heteroatoms. The van der Waals surface area contributed by atoms with Crippen LogP contribution in [-0.2, 0) is 0 Å². The van der Waals surface area contributed by atoms with Crippen molar-refractivity contribution in [3.05, 3.63) is 41.0 Å². The molecule has 0 bridgehead atoms. The van der Waals surface area contributed by atoms with Gasteiger partial charge in [-0.1, -0.05) is 15.9 Å². The number of rotatable bonds is 2. The lowest BCUT2D eigenvalue weighted by Gasteiger charge is -2.00. The summed E-state index contributed by atoms with van der Waals surface area (Å²) in [6, 6.07) is 9.95. The van der Waals surface area contributed by atoms with E-state index in [9.17, 15) is 0 Å². The molecular weight excluding hydrogens is 242 g/mol. The van der Waals surface area contributed by atoms with Gasteiger partial charge in [0, 0.05) is 23.8 Å². The Balaban J connectivity index is 2.34. The average molecular weight is 252 g/mol. The van der Waals surface area contributed by atoms with Gasteiger partial charge in [-0.2, -0.15) is 5.10 Å². The average Bonchev–Trinajstić information content (AvgIpc) is 2.67. The molecule has 0 aliphatic heterocycles. The molecule has 14 heavy (non-hydrogen) atoms. The third kappa shape index (κ3) is 1.80. The third-order valence-electron chi connectivity index (χ3n) is 1.94. The van der Waals surface area contributed by atoms with Crippen LogP contribution in [-0.4, -0.2) is 16.8 Å². The van der Waals surface area contributed by atoms with Gasteiger partial charge in [-0.15, -0.1) is 0 Å². The quantitative estimate of drug-likeness (QED) is 0.890. The van der Waals surface area contributed by atoms with Gasteiger partial charge in [0.05, 0.1) is 5.69 Å². The first kappa shape index (κ1) is 9.27. The maximum atomic E-state index is 4.32. The molecule has 0 saturated carbocycles. The topological polar surface area (TPSA) is 29.9 Å². The second kappa shape index (κ2) is 3.84. The minimum atomic E-state index is 0.868. The Morgan fingerprint density at radius 3 is 2.50 bits per heavy atom. The second-order valence-corrected chi connectivity index (χ2v) is 3.79. The van der Waals surface area contributed by atoms with E-state index in [-0.39, 0.29) is 0 Å². The van der Waals surface area contributed by atoms with E-state index in [1.807, 2.05) is 48.3 Å². The summed E-state index contributed by atoms with van der Waals surface area (Å²) in [5.74, 6) is 0.868. The summed E-state index contributed by atoms with van der Waals surface area (Å²) < 4.78 is 2.90. The fourth-order valence-electron chi connectivity index (χ4n) is 1.19. The number of nitrogens with one attached hydrogen (secondary N) is 1. The molecule has 0 fully saturated rings. The van der Waals surface area contributed by atoms with Crippen LogP contribution < -0.4 is 5.32 Å². The van der Waals surface area contributed by atoms with Gasteiger partial charge < -0.3 is 5.32 Å². The summed E-state index contributed by atoms with van der Waals surface area (Å²) >= 11 is 3.39. The monoisotopic (exact) mass is 251 g/mol. The fraction of sp³-hybridized carbons (Fsp3) is 0.100. The minimum Gasteiger partial charge on any atom is -0.372 e. The molecule has 3 nitrogen and oxygen atoms in total. The molecule has 0 unspecified atom stereocenters. The number of aromatic nitrogens is 2. The lowest BCUT2D eigenvalue weighted by atomic mass is 10.3. The summed E-state index contributed by atoms with van der Waals surface area (Å²) in [4.78, 5) is 0. The lowest BCUT2D eigenvalue weighted by Crippen LogP contribution is -1.96. The molecule has 72 valence electrons. The molecule has 1 heterocycles. The van der Waals surface area contributed by atoms with Crippen molar-refractivity contribution in [3.8, 4) is 5.69 Å². The van der Waals surface area contributed by atoms with Crippen molar-refractivity contribution in [2.75, 3.05) is 12.4 Å². The maximum Gasteiger partial charge on any atom is 0.148 e. The first-order valence-electron chi connectivity index (χ1n) is 4.29. The molecule has 1 N–H and O–H groups in total. The van der Waals surface area contributed by atoms with Crippen LogP contribution in [0.1, 0.15) is 0 Å². The van der Waals surface area contributed by atoms with Gasteiger partial charge in [-0.05, 0) is 24.3 Å². The Hall–Kier alpha value is -1.29. The maximum absolute atomic E-state index is 4.32. The van der Waals surface area contributed by atoms with Crippen LogP contribution in [0.5, 0.6) is 0 Å². The van der Waals surface area contributed by atoms with E-state index in [0.717, 1.165) is 16.0 Å². The number of anilines is 1. The minimum absolute atomic E-state index is 0.868. The van der Waals surface area contributed by atoms with Crippen molar-refractivity contribution in [1.29, 1.82) is 0 Å². The van der Waals surface area contributed by atoms with Crippen molar-refractivity contribution in [3.63, 3.8) is 0 Å². The first-order chi connectivity index (χ1) is 6.79. The molecule has 1 aromatic carbocycles. The molecule has 2 aromatic rings. The molecular formula is C10H10BrN3. The third-order valence-corrected chi connectivity index (χ3v) is 2.47. The highest BCUT2D eigenvalue weighted by Crippen LogP contribution is 2.14. The van der Waals surface area contributed by atoms with Gasteiger partial charge >= 0.3 is 0 Å². The Bertz CT molecular complexity index is 419. The van der Waals surface area contributed by atoms with E-state index in [1.165, 1.54) is 0 Å². The standard InChI is InChI=1S/C10H10BrN3/c1-12-10-6-7-14(13-10)9-4-2-8(11)3-5-9/h2-7H,1H3,(H,12,13). The van der Waals surface area contributed by atoms with E-state index < -0.39 is 0 Å². The normalized spacial score (nSPS) is 10.1. The molecule has 0 amide bonds. The Morgan fingerprint density at radius 1 is 1.21 bits per heavy atom. The highest BCUT2D eigenvalue weighted by molar-refractivity contribution is 9.10. The summed E-state index contributed by atoms with van der Waals surface area (Å²) in [6.07, 6.45) is 1.93. The molecule has 0 aliphatic carbocycles. The smallest absolute Gasteiger partial charge is 0.148 e. The van der Waals surface area contributed by atoms with Crippen LogP contribution in [0.2, 0.25) is 0 Å². The van der Waals surface area contributed by atoms with Gasteiger partial charge in [0.1, 0.15) is 5.82 Å². The van der Waals surface area contributed by atoms with E-state index >= 15 is 0 Å². The fourth-order valence-corrected chi connectivity index (χ4v) is 1.46. The molecule has 0 aliphatic rings. The van der Waals surface area contributed by atoms with E-state index in [1.54, 1.807) is 0 Å². The molecule has 0 radical (unpaired) electrons. The van der Waals surface area contributed by atoms with Gasteiger partial charge in [0.2, 0.25) is 0 Å². The number of nitrogens with zero attached hydrogens (tertiary/aromatic N) is 2. The second-order valence-electron chi connectivity index (χ2n) is 2.87. The predicted octanol–water partition coefficient (Wildman–Crippen LogP) is 2.68.